The van der Waals surface area contributed by atoms with Gasteiger partial charge in [0, 0.05) is 18.4 Å². The number of hydrogen-bond acceptors (Lipinski definition) is 3. The molecule has 0 atom stereocenters. The lowest BCUT2D eigenvalue weighted by Gasteiger charge is -2.06. The second-order valence-corrected chi connectivity index (χ2v) is 4.20. The molecule has 1 amide bonds. The van der Waals surface area contributed by atoms with Gasteiger partial charge in [-0.1, -0.05) is 11.6 Å². The molecule has 0 saturated carbocycles. The van der Waals surface area contributed by atoms with Crippen LogP contribution in [-0.2, 0) is 6.54 Å². The summed E-state index contributed by atoms with van der Waals surface area (Å²) in [7, 11) is 0. The van der Waals surface area contributed by atoms with Gasteiger partial charge in [-0.25, -0.2) is 4.98 Å². The van der Waals surface area contributed by atoms with Crippen molar-refractivity contribution in [2.24, 2.45) is 0 Å². The monoisotopic (exact) mass is 264 g/mol. The summed E-state index contributed by atoms with van der Waals surface area (Å²) in [4.78, 5) is 15.9. The molecule has 2 heterocycles. The van der Waals surface area contributed by atoms with Crippen LogP contribution in [0.2, 0.25) is 5.15 Å². The maximum absolute atomic E-state index is 12.1. The molecule has 2 aromatic rings. The van der Waals surface area contributed by atoms with Crippen LogP contribution in [0, 0.1) is 6.92 Å². The van der Waals surface area contributed by atoms with Gasteiger partial charge in [0.2, 0.25) is 0 Å². The van der Waals surface area contributed by atoms with E-state index in [4.69, 9.17) is 11.6 Å². The van der Waals surface area contributed by atoms with Gasteiger partial charge in [0.05, 0.1) is 5.69 Å². The second kappa shape index (κ2) is 5.18. The standard InChI is InChI=1S/C12H13ClN4O/c1-3-17-10(6-8(2)16-17)12(18)15-9-4-5-14-11(13)7-9/h4-7H,3H2,1-2H3,(H,14,15,18). The minimum absolute atomic E-state index is 0.209. The minimum atomic E-state index is -0.209. The van der Waals surface area contributed by atoms with E-state index in [1.165, 1.54) is 0 Å². The smallest absolute Gasteiger partial charge is 0.273 e. The number of carbonyl (C=O) groups excluding carboxylic acids is 1. The third-order valence-electron chi connectivity index (χ3n) is 2.42. The number of aryl methyl sites for hydroxylation is 2. The molecule has 18 heavy (non-hydrogen) atoms. The van der Waals surface area contributed by atoms with Gasteiger partial charge in [-0.2, -0.15) is 5.10 Å². The lowest BCUT2D eigenvalue weighted by Crippen LogP contribution is -2.17. The van der Waals surface area contributed by atoms with E-state index in [1.807, 2.05) is 13.8 Å². The first-order chi connectivity index (χ1) is 8.60. The van der Waals surface area contributed by atoms with E-state index >= 15 is 0 Å². The number of anilines is 1. The molecular formula is C12H13ClN4O. The molecule has 0 aromatic carbocycles. The van der Waals surface area contributed by atoms with E-state index in [0.29, 0.717) is 23.1 Å². The number of halogens is 1. The Balaban J connectivity index is 2.21. The number of hydrogen-bond donors (Lipinski definition) is 1. The van der Waals surface area contributed by atoms with Crippen LogP contribution < -0.4 is 5.32 Å². The quantitative estimate of drug-likeness (QED) is 0.867. The molecule has 2 rings (SSSR count). The molecule has 5 nitrogen and oxygen atoms in total. The van der Waals surface area contributed by atoms with Crippen LogP contribution in [-0.4, -0.2) is 20.7 Å². The van der Waals surface area contributed by atoms with Gasteiger partial charge in [0.15, 0.2) is 0 Å². The van der Waals surface area contributed by atoms with Crippen molar-refractivity contribution < 1.29 is 4.79 Å². The van der Waals surface area contributed by atoms with Gasteiger partial charge in [-0.15, -0.1) is 0 Å². The molecule has 0 radical (unpaired) electrons. The van der Waals surface area contributed by atoms with Crippen molar-refractivity contribution in [1.29, 1.82) is 0 Å². The molecular weight excluding hydrogens is 252 g/mol. The van der Waals surface area contributed by atoms with Crippen molar-refractivity contribution in [1.82, 2.24) is 14.8 Å². The summed E-state index contributed by atoms with van der Waals surface area (Å²) in [6, 6.07) is 5.03. The third-order valence-corrected chi connectivity index (χ3v) is 2.63. The van der Waals surface area contributed by atoms with Crippen LogP contribution in [0.15, 0.2) is 24.4 Å². The van der Waals surface area contributed by atoms with Gasteiger partial charge < -0.3 is 5.32 Å². The minimum Gasteiger partial charge on any atom is -0.321 e. The number of nitrogens with one attached hydrogen (secondary N) is 1. The van der Waals surface area contributed by atoms with Crippen molar-refractivity contribution >= 4 is 23.2 Å². The van der Waals surface area contributed by atoms with Crippen LogP contribution in [0.5, 0.6) is 0 Å². The summed E-state index contributed by atoms with van der Waals surface area (Å²) in [5.41, 5.74) is 1.96. The Morgan fingerprint density at radius 3 is 2.94 bits per heavy atom. The van der Waals surface area contributed by atoms with Gasteiger partial charge in [-0.05, 0) is 32.0 Å². The highest BCUT2D eigenvalue weighted by molar-refractivity contribution is 6.29. The predicted octanol–water partition coefficient (Wildman–Crippen LogP) is 2.51. The van der Waals surface area contributed by atoms with Crippen molar-refractivity contribution in [2.75, 3.05) is 5.32 Å². The second-order valence-electron chi connectivity index (χ2n) is 3.81. The number of amides is 1. The molecule has 0 fully saturated rings. The highest BCUT2D eigenvalue weighted by Crippen LogP contribution is 2.13. The predicted molar refractivity (Wildman–Crippen MR) is 69.8 cm³/mol. The third kappa shape index (κ3) is 2.68. The normalized spacial score (nSPS) is 10.4. The number of pyridine rings is 1. The largest absolute Gasteiger partial charge is 0.321 e. The highest BCUT2D eigenvalue weighted by Gasteiger charge is 2.13. The molecule has 0 aliphatic heterocycles. The highest BCUT2D eigenvalue weighted by atomic mass is 35.5. The van der Waals surface area contributed by atoms with Crippen LogP contribution in [0.25, 0.3) is 0 Å². The molecule has 2 aromatic heterocycles. The van der Waals surface area contributed by atoms with Crippen LogP contribution >= 0.6 is 11.6 Å². The lowest BCUT2D eigenvalue weighted by molar-refractivity contribution is 0.101. The first-order valence-corrected chi connectivity index (χ1v) is 5.95. The number of carbonyl (C=O) groups is 1. The Labute approximate surface area is 110 Å². The van der Waals surface area contributed by atoms with Crippen LogP contribution in [0.4, 0.5) is 5.69 Å². The SMILES string of the molecule is CCn1nc(C)cc1C(=O)Nc1ccnc(Cl)c1. The van der Waals surface area contributed by atoms with Gasteiger partial charge in [0.1, 0.15) is 10.8 Å². The van der Waals surface area contributed by atoms with E-state index in [-0.39, 0.29) is 5.91 Å². The molecule has 0 saturated heterocycles. The van der Waals surface area contributed by atoms with Crippen LogP contribution in [0.1, 0.15) is 23.1 Å². The summed E-state index contributed by atoms with van der Waals surface area (Å²) in [6.07, 6.45) is 1.54. The molecule has 0 aliphatic carbocycles. The lowest BCUT2D eigenvalue weighted by atomic mass is 10.3. The van der Waals surface area contributed by atoms with E-state index in [1.54, 1.807) is 29.1 Å². The molecule has 6 heteroatoms. The van der Waals surface area contributed by atoms with Crippen LogP contribution in [0.3, 0.4) is 0 Å². The maximum Gasteiger partial charge on any atom is 0.273 e. The summed E-state index contributed by atoms with van der Waals surface area (Å²) in [5.74, 6) is -0.209. The van der Waals surface area contributed by atoms with Crippen molar-refractivity contribution in [3.63, 3.8) is 0 Å². The average molecular weight is 265 g/mol. The first-order valence-electron chi connectivity index (χ1n) is 5.57. The van der Waals surface area contributed by atoms with Crippen molar-refractivity contribution in [3.8, 4) is 0 Å². The van der Waals surface area contributed by atoms with Crippen molar-refractivity contribution in [3.05, 3.63) is 40.9 Å². The molecule has 0 bridgehead atoms. The average Bonchev–Trinajstić information content (AvgIpc) is 2.70. The molecule has 0 spiro atoms. The summed E-state index contributed by atoms with van der Waals surface area (Å²) in [6.45, 7) is 4.44. The maximum atomic E-state index is 12.1. The Kier molecular flexibility index (Phi) is 3.62. The topological polar surface area (TPSA) is 59.8 Å². The fraction of sp³-hybridized carbons (Fsp3) is 0.250. The molecule has 94 valence electrons. The Morgan fingerprint density at radius 1 is 1.50 bits per heavy atom. The Morgan fingerprint density at radius 2 is 2.28 bits per heavy atom. The number of rotatable bonds is 3. The van der Waals surface area contributed by atoms with E-state index in [0.717, 1.165) is 5.69 Å². The van der Waals surface area contributed by atoms with Crippen molar-refractivity contribution in [2.45, 2.75) is 20.4 Å². The van der Waals surface area contributed by atoms with E-state index in [9.17, 15) is 4.79 Å². The number of nitrogens with zero attached hydrogens (tertiary/aromatic N) is 3. The van der Waals surface area contributed by atoms with Gasteiger partial charge in [0.25, 0.3) is 5.91 Å². The fourth-order valence-electron chi connectivity index (χ4n) is 1.64. The number of aromatic nitrogens is 3. The summed E-state index contributed by atoms with van der Waals surface area (Å²) >= 11 is 5.76. The van der Waals surface area contributed by atoms with E-state index in [2.05, 4.69) is 15.4 Å². The zero-order valence-electron chi connectivity index (χ0n) is 10.1. The van der Waals surface area contributed by atoms with E-state index < -0.39 is 0 Å². The zero-order chi connectivity index (χ0) is 13.1. The summed E-state index contributed by atoms with van der Waals surface area (Å²) < 4.78 is 1.66. The summed E-state index contributed by atoms with van der Waals surface area (Å²) in [5, 5.41) is 7.33. The first kappa shape index (κ1) is 12.6. The van der Waals surface area contributed by atoms with Gasteiger partial charge >= 0.3 is 0 Å². The fourth-order valence-corrected chi connectivity index (χ4v) is 1.82. The zero-order valence-corrected chi connectivity index (χ0v) is 10.9. The molecule has 0 aliphatic rings. The van der Waals surface area contributed by atoms with Gasteiger partial charge in [-0.3, -0.25) is 9.48 Å². The Bertz CT molecular complexity index is 579. The molecule has 1 N–H and O–H groups in total. The Hall–Kier alpha value is -1.88. The molecule has 0 unspecified atom stereocenters.